The lowest BCUT2D eigenvalue weighted by Crippen LogP contribution is -2.40. The molecule has 2 heteroatoms. The van der Waals surface area contributed by atoms with Crippen molar-refractivity contribution in [3.05, 3.63) is 0 Å². The van der Waals surface area contributed by atoms with Crippen molar-refractivity contribution in [1.29, 1.82) is 0 Å². The van der Waals surface area contributed by atoms with Crippen LogP contribution in [0.2, 0.25) is 0 Å². The molecular weight excluding hydrogens is 208 g/mol. The van der Waals surface area contributed by atoms with Crippen molar-refractivity contribution >= 4 is 0 Å². The van der Waals surface area contributed by atoms with Crippen LogP contribution in [-0.4, -0.2) is 38.1 Å². The Kier molecular flexibility index (Phi) is 4.87. The molecule has 1 atom stereocenters. The summed E-state index contributed by atoms with van der Waals surface area (Å²) < 4.78 is 0. The van der Waals surface area contributed by atoms with Crippen LogP contribution in [0.15, 0.2) is 0 Å². The van der Waals surface area contributed by atoms with Gasteiger partial charge in [-0.15, -0.1) is 0 Å². The summed E-state index contributed by atoms with van der Waals surface area (Å²) in [4.78, 5) is 2.49. The first-order valence-electron chi connectivity index (χ1n) is 7.63. The Labute approximate surface area is 107 Å². The number of piperidine rings is 1. The summed E-state index contributed by atoms with van der Waals surface area (Å²) in [6.07, 6.45) is 10.0. The summed E-state index contributed by atoms with van der Waals surface area (Å²) in [7, 11) is 2.26. The molecule has 2 rings (SSSR count). The zero-order valence-electron chi connectivity index (χ0n) is 11.8. The van der Waals surface area contributed by atoms with Gasteiger partial charge in [0.1, 0.15) is 0 Å². The highest BCUT2D eigenvalue weighted by molar-refractivity contribution is 4.86. The minimum atomic E-state index is 0.653. The predicted octanol–water partition coefficient (Wildman–Crippen LogP) is 2.89. The fourth-order valence-corrected chi connectivity index (χ4v) is 3.76. The van der Waals surface area contributed by atoms with E-state index in [0.29, 0.717) is 5.41 Å². The molecule has 2 aliphatic rings. The molecule has 2 nitrogen and oxygen atoms in total. The summed E-state index contributed by atoms with van der Waals surface area (Å²) >= 11 is 0. The molecule has 0 bridgehead atoms. The molecule has 0 spiro atoms. The second-order valence-electron chi connectivity index (χ2n) is 6.46. The molecule has 0 radical (unpaired) electrons. The van der Waals surface area contributed by atoms with Crippen LogP contribution in [0.25, 0.3) is 0 Å². The molecule has 1 aliphatic carbocycles. The fraction of sp³-hybridized carbons (Fsp3) is 1.00. The van der Waals surface area contributed by atoms with Gasteiger partial charge >= 0.3 is 0 Å². The maximum atomic E-state index is 3.78. The Hall–Kier alpha value is -0.0800. The predicted molar refractivity (Wildman–Crippen MR) is 74.3 cm³/mol. The molecular formula is C15H30N2. The highest BCUT2D eigenvalue weighted by Gasteiger charge is 2.31. The van der Waals surface area contributed by atoms with Crippen molar-refractivity contribution in [3.63, 3.8) is 0 Å². The van der Waals surface area contributed by atoms with Crippen LogP contribution in [0.1, 0.15) is 51.9 Å². The molecule has 17 heavy (non-hydrogen) atoms. The van der Waals surface area contributed by atoms with E-state index in [9.17, 15) is 0 Å². The Morgan fingerprint density at radius 1 is 1.24 bits per heavy atom. The average molecular weight is 238 g/mol. The molecule has 0 amide bonds. The van der Waals surface area contributed by atoms with Gasteiger partial charge in [-0.1, -0.05) is 19.8 Å². The molecule has 1 saturated heterocycles. The van der Waals surface area contributed by atoms with E-state index in [1.165, 1.54) is 71.1 Å². The van der Waals surface area contributed by atoms with Crippen LogP contribution >= 0.6 is 0 Å². The minimum Gasteiger partial charge on any atom is -0.316 e. The minimum absolute atomic E-state index is 0.653. The lowest BCUT2D eigenvalue weighted by Gasteiger charge is -2.32. The van der Waals surface area contributed by atoms with E-state index in [2.05, 4.69) is 24.2 Å². The third kappa shape index (κ3) is 3.69. The summed E-state index contributed by atoms with van der Waals surface area (Å²) in [5.41, 5.74) is 0.653. The number of nitrogens with one attached hydrogen (secondary N) is 1. The van der Waals surface area contributed by atoms with E-state index < -0.39 is 0 Å². The fourth-order valence-electron chi connectivity index (χ4n) is 3.76. The van der Waals surface area contributed by atoms with Gasteiger partial charge in [-0.05, 0) is 63.6 Å². The Morgan fingerprint density at radius 3 is 2.65 bits per heavy atom. The van der Waals surface area contributed by atoms with Crippen LogP contribution in [0, 0.1) is 11.3 Å². The number of hydrogen-bond acceptors (Lipinski definition) is 2. The molecule has 0 aromatic heterocycles. The smallest absolute Gasteiger partial charge is 0.00187 e. The van der Waals surface area contributed by atoms with E-state index in [1.807, 2.05) is 0 Å². The third-order valence-corrected chi connectivity index (χ3v) is 5.07. The highest BCUT2D eigenvalue weighted by Crippen LogP contribution is 2.40. The summed E-state index contributed by atoms with van der Waals surface area (Å²) in [6.45, 7) is 7.48. The van der Waals surface area contributed by atoms with Crippen LogP contribution < -0.4 is 5.32 Å². The van der Waals surface area contributed by atoms with E-state index in [1.54, 1.807) is 0 Å². The van der Waals surface area contributed by atoms with Crippen LogP contribution in [0.5, 0.6) is 0 Å². The topological polar surface area (TPSA) is 15.3 Å². The molecule has 100 valence electrons. The van der Waals surface area contributed by atoms with Gasteiger partial charge in [-0.3, -0.25) is 0 Å². The molecule has 2 fully saturated rings. The second-order valence-corrected chi connectivity index (χ2v) is 6.46. The summed E-state index contributed by atoms with van der Waals surface area (Å²) in [6, 6.07) is 0. The highest BCUT2D eigenvalue weighted by atomic mass is 15.1. The largest absolute Gasteiger partial charge is 0.316 e. The summed E-state index contributed by atoms with van der Waals surface area (Å²) in [5, 5.41) is 3.78. The van der Waals surface area contributed by atoms with Crippen molar-refractivity contribution in [3.8, 4) is 0 Å². The number of likely N-dealkylation sites (tertiary alicyclic amines) is 1. The second kappa shape index (κ2) is 6.19. The standard InChI is InChI=1S/C15H30N2/c1-3-15(8-4-5-9-15)13-16-11-14-7-6-10-17(2)12-14/h14,16H,3-13H2,1-2H3. The first-order valence-corrected chi connectivity index (χ1v) is 7.63. The van der Waals surface area contributed by atoms with Gasteiger partial charge in [0, 0.05) is 13.1 Å². The SMILES string of the molecule is CCC1(CNCC2CCCN(C)C2)CCCC1. The first-order chi connectivity index (χ1) is 8.24. The average Bonchev–Trinajstić information content (AvgIpc) is 2.79. The van der Waals surface area contributed by atoms with Crippen LogP contribution in [-0.2, 0) is 0 Å². The molecule has 0 aromatic carbocycles. The molecule has 1 heterocycles. The van der Waals surface area contributed by atoms with Crippen LogP contribution in [0.3, 0.4) is 0 Å². The lowest BCUT2D eigenvalue weighted by atomic mass is 9.83. The van der Waals surface area contributed by atoms with E-state index in [4.69, 9.17) is 0 Å². The van der Waals surface area contributed by atoms with Crippen molar-refractivity contribution in [1.82, 2.24) is 10.2 Å². The van der Waals surface area contributed by atoms with Gasteiger partial charge < -0.3 is 10.2 Å². The molecule has 1 saturated carbocycles. The van der Waals surface area contributed by atoms with Crippen molar-refractivity contribution < 1.29 is 0 Å². The van der Waals surface area contributed by atoms with Gasteiger partial charge in [0.25, 0.3) is 0 Å². The first kappa shape index (κ1) is 13.4. The third-order valence-electron chi connectivity index (χ3n) is 5.07. The molecule has 0 aromatic rings. The van der Waals surface area contributed by atoms with Gasteiger partial charge in [-0.2, -0.15) is 0 Å². The Balaban J connectivity index is 1.67. The quantitative estimate of drug-likeness (QED) is 0.792. The Morgan fingerprint density at radius 2 is 2.00 bits per heavy atom. The number of hydrogen-bond donors (Lipinski definition) is 1. The van der Waals surface area contributed by atoms with E-state index >= 15 is 0 Å². The molecule has 1 aliphatic heterocycles. The van der Waals surface area contributed by atoms with E-state index in [-0.39, 0.29) is 0 Å². The lowest BCUT2D eigenvalue weighted by molar-refractivity contribution is 0.195. The van der Waals surface area contributed by atoms with Crippen molar-refractivity contribution in [2.24, 2.45) is 11.3 Å². The molecule has 1 N–H and O–H groups in total. The number of nitrogens with zero attached hydrogens (tertiary/aromatic N) is 1. The van der Waals surface area contributed by atoms with Gasteiger partial charge in [-0.25, -0.2) is 0 Å². The Bertz CT molecular complexity index is 221. The summed E-state index contributed by atoms with van der Waals surface area (Å²) in [5.74, 6) is 0.893. The normalized spacial score (nSPS) is 29.6. The van der Waals surface area contributed by atoms with Crippen molar-refractivity contribution in [2.45, 2.75) is 51.9 Å². The molecule has 1 unspecified atom stereocenters. The zero-order chi connectivity index (χ0) is 12.1. The van der Waals surface area contributed by atoms with E-state index in [0.717, 1.165) is 5.92 Å². The van der Waals surface area contributed by atoms with Crippen molar-refractivity contribution in [2.75, 3.05) is 33.2 Å². The number of rotatable bonds is 5. The van der Waals surface area contributed by atoms with Gasteiger partial charge in [0.15, 0.2) is 0 Å². The van der Waals surface area contributed by atoms with Gasteiger partial charge in [0.05, 0.1) is 0 Å². The zero-order valence-corrected chi connectivity index (χ0v) is 11.8. The monoisotopic (exact) mass is 238 g/mol. The van der Waals surface area contributed by atoms with Gasteiger partial charge in [0.2, 0.25) is 0 Å². The maximum absolute atomic E-state index is 3.78. The van der Waals surface area contributed by atoms with Crippen LogP contribution in [0.4, 0.5) is 0 Å². The maximum Gasteiger partial charge on any atom is 0.00187 e.